The zero-order valence-electron chi connectivity index (χ0n) is 20.6. The highest BCUT2D eigenvalue weighted by Crippen LogP contribution is 2.33. The Bertz CT molecular complexity index is 1310. The molecule has 1 aromatic heterocycles. The van der Waals surface area contributed by atoms with Gasteiger partial charge in [-0.15, -0.1) is 0 Å². The van der Waals surface area contributed by atoms with Crippen molar-refractivity contribution in [2.24, 2.45) is 5.73 Å². The van der Waals surface area contributed by atoms with Gasteiger partial charge in [0.25, 0.3) is 11.8 Å². The van der Waals surface area contributed by atoms with Gasteiger partial charge in [0, 0.05) is 5.69 Å². The smallest absolute Gasteiger partial charge is 0.325 e. The first kappa shape index (κ1) is 28.1. The van der Waals surface area contributed by atoms with Crippen molar-refractivity contribution in [2.45, 2.75) is 19.9 Å². The largest absolute Gasteiger partial charge is 0.494 e. The molecule has 11 nitrogen and oxygen atoms in total. The van der Waals surface area contributed by atoms with Crippen molar-refractivity contribution in [3.63, 3.8) is 0 Å². The Morgan fingerprint density at radius 3 is 2.26 bits per heavy atom. The molecule has 3 aromatic rings. The highest BCUT2D eigenvalue weighted by atomic mass is 32.1. The Morgan fingerprint density at radius 2 is 1.71 bits per heavy atom. The van der Waals surface area contributed by atoms with E-state index in [1.807, 2.05) is 6.92 Å². The van der Waals surface area contributed by atoms with Gasteiger partial charge in [-0.3, -0.25) is 24.1 Å². The first-order valence-corrected chi connectivity index (χ1v) is 12.2. The third-order valence-electron chi connectivity index (χ3n) is 5.20. The molecule has 0 saturated carbocycles. The topological polar surface area (TPSA) is 167 Å². The maximum atomic E-state index is 13.9. The number of anilines is 2. The van der Waals surface area contributed by atoms with Crippen LogP contribution in [0.25, 0.3) is 0 Å². The van der Waals surface area contributed by atoms with Gasteiger partial charge in [0.05, 0.1) is 18.9 Å². The predicted octanol–water partition coefficient (Wildman–Crippen LogP) is 2.43. The SMILES string of the molecule is CCOC(=O)CNC(=O)C(c1ccc(OCC)cc1)N(C(=O)c1snc(C(N)=O)c1N)c1ccc(F)cc1. The van der Waals surface area contributed by atoms with Crippen LogP contribution < -0.4 is 26.4 Å². The first-order valence-electron chi connectivity index (χ1n) is 11.5. The molecule has 200 valence electrons. The summed E-state index contributed by atoms with van der Waals surface area (Å²) >= 11 is 0.630. The standard InChI is InChI=1S/C25H26FN5O6S/c1-3-36-17-11-5-14(6-12-17)21(24(34)29-13-18(32)37-4-2)31(16-9-7-15(26)8-10-16)25(35)22-19(27)20(23(28)33)30-38-22/h5-12,21H,3-4,13,27H2,1-2H3,(H2,28,33)(H,29,34). The van der Waals surface area contributed by atoms with Crippen molar-refractivity contribution in [1.29, 1.82) is 0 Å². The van der Waals surface area contributed by atoms with E-state index in [4.69, 9.17) is 20.9 Å². The average molecular weight is 544 g/mol. The maximum absolute atomic E-state index is 13.9. The van der Waals surface area contributed by atoms with E-state index in [1.54, 1.807) is 31.2 Å². The number of nitrogens with two attached hydrogens (primary N) is 2. The van der Waals surface area contributed by atoms with E-state index in [-0.39, 0.29) is 28.6 Å². The number of hydrogen-bond acceptors (Lipinski definition) is 9. The van der Waals surface area contributed by atoms with E-state index in [2.05, 4.69) is 9.69 Å². The van der Waals surface area contributed by atoms with E-state index in [9.17, 15) is 23.6 Å². The Balaban J connectivity index is 2.14. The lowest BCUT2D eigenvalue weighted by Crippen LogP contribution is -2.45. The van der Waals surface area contributed by atoms with Crippen LogP contribution in [0.3, 0.4) is 0 Å². The Kier molecular flexibility index (Phi) is 9.33. The fraction of sp³-hybridized carbons (Fsp3) is 0.240. The summed E-state index contributed by atoms with van der Waals surface area (Å²) in [6.07, 6.45) is 0. The number of nitrogens with zero attached hydrogens (tertiary/aromatic N) is 2. The van der Waals surface area contributed by atoms with E-state index in [1.165, 1.54) is 12.1 Å². The number of nitrogens with one attached hydrogen (secondary N) is 1. The summed E-state index contributed by atoms with van der Waals surface area (Å²) in [5, 5.41) is 2.48. The molecule has 0 aliphatic heterocycles. The number of ether oxygens (including phenoxy) is 2. The lowest BCUT2D eigenvalue weighted by atomic mass is 10.0. The first-order chi connectivity index (χ1) is 18.2. The molecule has 0 radical (unpaired) electrons. The van der Waals surface area contributed by atoms with Crippen LogP contribution in [-0.2, 0) is 14.3 Å². The fourth-order valence-electron chi connectivity index (χ4n) is 3.52. The second-order valence-electron chi connectivity index (χ2n) is 7.72. The van der Waals surface area contributed by atoms with Gasteiger partial charge < -0.3 is 26.3 Å². The van der Waals surface area contributed by atoms with Gasteiger partial charge in [0.15, 0.2) is 5.69 Å². The van der Waals surface area contributed by atoms with E-state index < -0.39 is 42.1 Å². The molecule has 0 aliphatic carbocycles. The van der Waals surface area contributed by atoms with Gasteiger partial charge >= 0.3 is 5.97 Å². The van der Waals surface area contributed by atoms with E-state index in [0.29, 0.717) is 29.5 Å². The summed E-state index contributed by atoms with van der Waals surface area (Å²) in [4.78, 5) is 52.0. The number of amides is 3. The lowest BCUT2D eigenvalue weighted by Gasteiger charge is -2.31. The summed E-state index contributed by atoms with van der Waals surface area (Å²) in [6.45, 7) is 3.51. The number of rotatable bonds is 11. The van der Waals surface area contributed by atoms with Crippen molar-refractivity contribution < 1.29 is 33.0 Å². The van der Waals surface area contributed by atoms with Crippen LogP contribution in [0.15, 0.2) is 48.5 Å². The van der Waals surface area contributed by atoms with Gasteiger partial charge in [-0.1, -0.05) is 12.1 Å². The minimum Gasteiger partial charge on any atom is -0.494 e. The molecule has 0 fully saturated rings. The van der Waals surface area contributed by atoms with Gasteiger partial charge in [-0.05, 0) is 67.3 Å². The second-order valence-corrected chi connectivity index (χ2v) is 8.49. The predicted molar refractivity (Wildman–Crippen MR) is 138 cm³/mol. The van der Waals surface area contributed by atoms with Gasteiger partial charge in [0.1, 0.15) is 29.0 Å². The number of benzene rings is 2. The van der Waals surface area contributed by atoms with Crippen molar-refractivity contribution in [1.82, 2.24) is 9.69 Å². The summed E-state index contributed by atoms with van der Waals surface area (Å²) in [5.74, 6) is -3.19. The number of carbonyl (C=O) groups is 4. The van der Waals surface area contributed by atoms with E-state index in [0.717, 1.165) is 17.0 Å². The summed E-state index contributed by atoms with van der Waals surface area (Å²) < 4.78 is 28.0. The molecule has 0 spiro atoms. The maximum Gasteiger partial charge on any atom is 0.325 e. The molecule has 5 N–H and O–H groups in total. The molecule has 3 amide bonds. The van der Waals surface area contributed by atoms with Crippen LogP contribution in [0.5, 0.6) is 5.75 Å². The Morgan fingerprint density at radius 1 is 1.05 bits per heavy atom. The van der Waals surface area contributed by atoms with Crippen LogP contribution in [0.2, 0.25) is 0 Å². The Labute approximate surface area is 221 Å². The molecule has 13 heteroatoms. The molecule has 0 aliphatic rings. The van der Waals surface area contributed by atoms with Gasteiger partial charge in [0.2, 0.25) is 5.91 Å². The third-order valence-corrected chi connectivity index (χ3v) is 6.06. The molecular formula is C25H26FN5O6S. The number of hydrogen-bond donors (Lipinski definition) is 3. The second kappa shape index (κ2) is 12.6. The highest BCUT2D eigenvalue weighted by molar-refractivity contribution is 7.09. The Hall–Kier alpha value is -4.52. The van der Waals surface area contributed by atoms with Crippen LogP contribution in [0.1, 0.15) is 45.6 Å². The molecule has 1 heterocycles. The van der Waals surface area contributed by atoms with Crippen LogP contribution >= 0.6 is 11.5 Å². The number of esters is 1. The van der Waals surface area contributed by atoms with Crippen molar-refractivity contribution in [3.8, 4) is 5.75 Å². The molecule has 38 heavy (non-hydrogen) atoms. The molecule has 0 saturated heterocycles. The van der Waals surface area contributed by atoms with Gasteiger partial charge in [-0.25, -0.2) is 4.39 Å². The summed E-state index contributed by atoms with van der Waals surface area (Å²) in [6, 6.07) is 9.87. The molecule has 1 unspecified atom stereocenters. The lowest BCUT2D eigenvalue weighted by molar-refractivity contribution is -0.143. The number of halogens is 1. The molecule has 2 aromatic carbocycles. The third kappa shape index (κ3) is 6.42. The fourth-order valence-corrected chi connectivity index (χ4v) is 4.26. The number of nitrogen functional groups attached to an aromatic ring is 1. The van der Waals surface area contributed by atoms with Crippen molar-refractivity contribution >= 4 is 46.6 Å². The van der Waals surface area contributed by atoms with Crippen LogP contribution in [-0.4, -0.2) is 47.8 Å². The molecule has 3 rings (SSSR count). The quantitative estimate of drug-likeness (QED) is 0.310. The van der Waals surface area contributed by atoms with E-state index >= 15 is 0 Å². The summed E-state index contributed by atoms with van der Waals surface area (Å²) in [7, 11) is 0. The number of carbonyl (C=O) groups excluding carboxylic acids is 4. The highest BCUT2D eigenvalue weighted by Gasteiger charge is 2.36. The monoisotopic (exact) mass is 543 g/mol. The van der Waals surface area contributed by atoms with Crippen LogP contribution in [0, 0.1) is 5.82 Å². The zero-order chi connectivity index (χ0) is 27.8. The molecule has 0 bridgehead atoms. The minimum atomic E-state index is -1.36. The molecular weight excluding hydrogens is 517 g/mol. The number of aromatic nitrogens is 1. The normalized spacial score (nSPS) is 11.3. The van der Waals surface area contributed by atoms with Crippen molar-refractivity contribution in [3.05, 3.63) is 70.5 Å². The minimum absolute atomic E-state index is 0.115. The zero-order valence-corrected chi connectivity index (χ0v) is 21.4. The summed E-state index contributed by atoms with van der Waals surface area (Å²) in [5.41, 5.74) is 11.2. The molecule has 1 atom stereocenters. The average Bonchev–Trinajstić information content (AvgIpc) is 3.29. The number of primary amides is 1. The van der Waals surface area contributed by atoms with Crippen molar-refractivity contribution in [2.75, 3.05) is 30.4 Å². The van der Waals surface area contributed by atoms with Crippen LogP contribution in [0.4, 0.5) is 15.8 Å². The van der Waals surface area contributed by atoms with Gasteiger partial charge in [-0.2, -0.15) is 4.37 Å².